The minimum Gasteiger partial charge on any atom is -0.349 e. The molecule has 0 spiro atoms. The van der Waals surface area contributed by atoms with Crippen molar-refractivity contribution < 1.29 is 4.79 Å². The first-order valence-electron chi connectivity index (χ1n) is 7.42. The molecule has 1 amide bonds. The average molecular weight is 278 g/mol. The summed E-state index contributed by atoms with van der Waals surface area (Å²) in [5.74, 6) is 5.89. The Bertz CT molecular complexity index is 434. The van der Waals surface area contributed by atoms with Crippen molar-refractivity contribution in [2.75, 3.05) is 5.43 Å². The molecule has 0 fully saturated rings. The van der Waals surface area contributed by atoms with Gasteiger partial charge in [-0.3, -0.25) is 4.79 Å². The predicted octanol–water partition coefficient (Wildman–Crippen LogP) is 2.63. The van der Waals surface area contributed by atoms with Crippen LogP contribution in [0, 0.1) is 0 Å². The van der Waals surface area contributed by atoms with Gasteiger partial charge in [0.2, 0.25) is 0 Å². The van der Waals surface area contributed by atoms with Crippen LogP contribution in [0.25, 0.3) is 0 Å². The van der Waals surface area contributed by atoms with Gasteiger partial charge in [0, 0.05) is 17.3 Å². The van der Waals surface area contributed by atoms with Crippen LogP contribution in [-0.2, 0) is 6.42 Å². The summed E-state index contributed by atoms with van der Waals surface area (Å²) in [7, 11) is 0. The highest BCUT2D eigenvalue weighted by atomic mass is 16.1. The molecule has 112 valence electrons. The van der Waals surface area contributed by atoms with E-state index in [1.165, 1.54) is 0 Å². The molecule has 4 N–H and O–H groups in total. The van der Waals surface area contributed by atoms with Crippen LogP contribution < -0.4 is 16.6 Å². The van der Waals surface area contributed by atoms with Crippen molar-refractivity contribution in [2.24, 2.45) is 5.84 Å². The van der Waals surface area contributed by atoms with Crippen LogP contribution in [0.15, 0.2) is 12.1 Å². The summed E-state index contributed by atoms with van der Waals surface area (Å²) in [4.78, 5) is 16.6. The van der Waals surface area contributed by atoms with Crippen molar-refractivity contribution in [2.45, 2.75) is 58.9 Å². The monoisotopic (exact) mass is 278 g/mol. The summed E-state index contributed by atoms with van der Waals surface area (Å²) in [6.45, 7) is 6.29. The van der Waals surface area contributed by atoms with Crippen LogP contribution in [0.4, 0.5) is 5.82 Å². The highest BCUT2D eigenvalue weighted by Gasteiger charge is 2.13. The summed E-state index contributed by atoms with van der Waals surface area (Å²) < 4.78 is 0. The van der Waals surface area contributed by atoms with Gasteiger partial charge in [-0.05, 0) is 31.4 Å². The Labute approximate surface area is 121 Å². The van der Waals surface area contributed by atoms with E-state index in [9.17, 15) is 4.79 Å². The zero-order chi connectivity index (χ0) is 15.0. The summed E-state index contributed by atoms with van der Waals surface area (Å²) >= 11 is 0. The fraction of sp³-hybridized carbons (Fsp3) is 0.600. The van der Waals surface area contributed by atoms with E-state index in [0.29, 0.717) is 11.4 Å². The summed E-state index contributed by atoms with van der Waals surface area (Å²) in [6.07, 6.45) is 4.81. The van der Waals surface area contributed by atoms with Crippen molar-refractivity contribution in [1.82, 2.24) is 10.3 Å². The highest BCUT2D eigenvalue weighted by Crippen LogP contribution is 2.12. The summed E-state index contributed by atoms with van der Waals surface area (Å²) in [6, 6.07) is 3.76. The number of carbonyl (C=O) groups is 1. The lowest BCUT2D eigenvalue weighted by Gasteiger charge is -2.16. The van der Waals surface area contributed by atoms with E-state index in [0.717, 1.165) is 37.8 Å². The molecule has 0 aliphatic heterocycles. The molecule has 1 unspecified atom stereocenters. The number of aromatic nitrogens is 1. The molecule has 5 heteroatoms. The van der Waals surface area contributed by atoms with Gasteiger partial charge in [-0.2, -0.15) is 0 Å². The quantitative estimate of drug-likeness (QED) is 0.504. The van der Waals surface area contributed by atoms with E-state index in [4.69, 9.17) is 5.84 Å². The fourth-order valence-corrected chi connectivity index (χ4v) is 2.17. The molecule has 1 rings (SSSR count). The van der Waals surface area contributed by atoms with Crippen molar-refractivity contribution in [1.29, 1.82) is 0 Å². The Morgan fingerprint density at radius 2 is 2.05 bits per heavy atom. The maximum Gasteiger partial charge on any atom is 0.251 e. The molecule has 5 nitrogen and oxygen atoms in total. The van der Waals surface area contributed by atoms with Crippen molar-refractivity contribution in [3.8, 4) is 0 Å². The highest BCUT2D eigenvalue weighted by molar-refractivity contribution is 5.95. The van der Waals surface area contributed by atoms with Crippen molar-refractivity contribution in [3.63, 3.8) is 0 Å². The van der Waals surface area contributed by atoms with E-state index in [1.54, 1.807) is 6.07 Å². The van der Waals surface area contributed by atoms with Gasteiger partial charge in [-0.25, -0.2) is 10.8 Å². The Morgan fingerprint density at radius 3 is 2.60 bits per heavy atom. The third kappa shape index (κ3) is 4.81. The van der Waals surface area contributed by atoms with E-state index in [2.05, 4.69) is 36.5 Å². The molecule has 0 bridgehead atoms. The van der Waals surface area contributed by atoms with Gasteiger partial charge in [0.15, 0.2) is 0 Å². The number of anilines is 1. The number of hydrogen-bond acceptors (Lipinski definition) is 4. The summed E-state index contributed by atoms with van der Waals surface area (Å²) in [5.41, 5.74) is 4.02. The van der Waals surface area contributed by atoms with Gasteiger partial charge in [0.1, 0.15) is 5.82 Å². The second-order valence-electron chi connectivity index (χ2n) is 4.99. The van der Waals surface area contributed by atoms with Crippen molar-refractivity contribution in [3.05, 3.63) is 23.4 Å². The number of hydrogen-bond donors (Lipinski definition) is 3. The molecule has 0 aliphatic rings. The number of pyridine rings is 1. The lowest BCUT2D eigenvalue weighted by Crippen LogP contribution is -2.34. The minimum absolute atomic E-state index is 0.0541. The Kier molecular flexibility index (Phi) is 7.01. The molecule has 0 aromatic carbocycles. The van der Waals surface area contributed by atoms with Gasteiger partial charge in [-0.15, -0.1) is 0 Å². The van der Waals surface area contributed by atoms with E-state index < -0.39 is 0 Å². The number of hydrazine groups is 1. The largest absolute Gasteiger partial charge is 0.349 e. The minimum atomic E-state index is -0.0541. The van der Waals surface area contributed by atoms with Crippen molar-refractivity contribution >= 4 is 11.7 Å². The fourth-order valence-electron chi connectivity index (χ4n) is 2.17. The van der Waals surface area contributed by atoms with Crippen LogP contribution in [0.3, 0.4) is 0 Å². The van der Waals surface area contributed by atoms with Gasteiger partial charge < -0.3 is 10.7 Å². The molecule has 0 saturated carbocycles. The second kappa shape index (κ2) is 8.53. The Balaban J connectivity index is 2.87. The molecule has 0 saturated heterocycles. The van der Waals surface area contributed by atoms with Gasteiger partial charge >= 0.3 is 0 Å². The third-order valence-electron chi connectivity index (χ3n) is 3.26. The average Bonchev–Trinajstić information content (AvgIpc) is 2.46. The molecule has 1 heterocycles. The molecular weight excluding hydrogens is 252 g/mol. The molecule has 0 radical (unpaired) electrons. The zero-order valence-corrected chi connectivity index (χ0v) is 12.7. The third-order valence-corrected chi connectivity index (χ3v) is 3.26. The number of aryl methyl sites for hydroxylation is 1. The Morgan fingerprint density at radius 1 is 1.30 bits per heavy atom. The predicted molar refractivity (Wildman–Crippen MR) is 82.5 cm³/mol. The lowest BCUT2D eigenvalue weighted by molar-refractivity contribution is 0.0933. The van der Waals surface area contributed by atoms with Crippen LogP contribution >= 0.6 is 0 Å². The number of rotatable bonds is 8. The first-order chi connectivity index (χ1) is 9.64. The van der Waals surface area contributed by atoms with E-state index in [-0.39, 0.29) is 11.9 Å². The number of nitrogens with one attached hydrogen (secondary N) is 2. The summed E-state index contributed by atoms with van der Waals surface area (Å²) in [5, 5.41) is 3.07. The molecule has 1 atom stereocenters. The molecular formula is C15H26N4O. The van der Waals surface area contributed by atoms with Gasteiger partial charge in [0.05, 0.1) is 0 Å². The molecule has 1 aromatic heterocycles. The smallest absolute Gasteiger partial charge is 0.251 e. The zero-order valence-electron chi connectivity index (χ0n) is 12.7. The van der Waals surface area contributed by atoms with Gasteiger partial charge in [0.25, 0.3) is 5.91 Å². The van der Waals surface area contributed by atoms with Crippen LogP contribution in [0.1, 0.15) is 62.5 Å². The number of amides is 1. The maximum atomic E-state index is 12.3. The Hall–Kier alpha value is -1.62. The van der Waals surface area contributed by atoms with E-state index >= 15 is 0 Å². The van der Waals surface area contributed by atoms with E-state index in [1.807, 2.05) is 6.07 Å². The first-order valence-corrected chi connectivity index (χ1v) is 7.42. The number of nitrogens with zero attached hydrogens (tertiary/aromatic N) is 1. The maximum absolute atomic E-state index is 12.3. The molecule has 1 aromatic rings. The SMILES string of the molecule is CCCc1cc(C(=O)NC(CC)CCC)cc(NN)n1. The normalized spacial score (nSPS) is 12.0. The number of nitrogens with two attached hydrogens (primary N) is 1. The topological polar surface area (TPSA) is 80.0 Å². The van der Waals surface area contributed by atoms with Gasteiger partial charge in [-0.1, -0.05) is 33.6 Å². The molecule has 20 heavy (non-hydrogen) atoms. The van der Waals surface area contributed by atoms with Crippen LogP contribution in [0.5, 0.6) is 0 Å². The van der Waals surface area contributed by atoms with Crippen LogP contribution in [-0.4, -0.2) is 16.9 Å². The number of nitrogen functional groups attached to an aromatic ring is 1. The standard InChI is InChI=1S/C15H26N4O/c1-4-7-12(6-3)18-15(20)11-9-13(8-5-2)17-14(10-11)19-16/h9-10,12H,4-8,16H2,1-3H3,(H,17,19)(H,18,20). The first kappa shape index (κ1) is 16.4. The second-order valence-corrected chi connectivity index (χ2v) is 4.99. The number of carbonyl (C=O) groups excluding carboxylic acids is 1. The molecule has 0 aliphatic carbocycles. The van der Waals surface area contributed by atoms with Crippen LogP contribution in [0.2, 0.25) is 0 Å². The lowest BCUT2D eigenvalue weighted by atomic mass is 10.1.